The number of rotatable bonds is 9. The minimum absolute atomic E-state index is 0.0199. The average molecular weight is 612 g/mol. The van der Waals surface area contributed by atoms with Gasteiger partial charge in [-0.1, -0.05) is 79.9 Å². The van der Waals surface area contributed by atoms with Crippen molar-refractivity contribution in [3.63, 3.8) is 0 Å². The summed E-state index contributed by atoms with van der Waals surface area (Å²) in [7, 11) is 0. The first kappa shape index (κ1) is 30.1. The first-order valence-corrected chi connectivity index (χ1v) is 16.1. The van der Waals surface area contributed by atoms with E-state index >= 15 is 0 Å². The van der Waals surface area contributed by atoms with Gasteiger partial charge in [0.15, 0.2) is 5.11 Å². The van der Waals surface area contributed by atoms with Crippen LogP contribution in [0.5, 0.6) is 0 Å². The number of hydrogen-bond acceptors (Lipinski definition) is 5. The van der Waals surface area contributed by atoms with Gasteiger partial charge in [0.2, 0.25) is 11.8 Å². The van der Waals surface area contributed by atoms with Gasteiger partial charge in [0.1, 0.15) is 5.54 Å². The summed E-state index contributed by atoms with van der Waals surface area (Å²) in [6.07, 6.45) is 4.08. The monoisotopic (exact) mass is 611 g/mol. The summed E-state index contributed by atoms with van der Waals surface area (Å²) >= 11 is 5.69. The Morgan fingerprint density at radius 3 is 2.25 bits per heavy atom. The molecule has 2 amide bonds. The number of carbonyl (C=O) groups is 2. The number of amides is 2. The maximum absolute atomic E-state index is 14.4. The third-order valence-electron chi connectivity index (χ3n) is 9.12. The summed E-state index contributed by atoms with van der Waals surface area (Å²) in [5, 5.41) is 7.16. The summed E-state index contributed by atoms with van der Waals surface area (Å²) in [5.74, 6) is -0.212. The molecule has 2 aliphatic heterocycles. The number of nitrogens with one attached hydrogen (secondary N) is 2. The van der Waals surface area contributed by atoms with Gasteiger partial charge in [-0.15, -0.1) is 0 Å². The minimum atomic E-state index is -0.957. The lowest BCUT2D eigenvalue weighted by atomic mass is 9.78. The molecule has 0 aromatic heterocycles. The number of nitrogens with zero attached hydrogens (tertiary/aromatic N) is 3. The van der Waals surface area contributed by atoms with E-state index in [9.17, 15) is 9.59 Å². The molecule has 44 heavy (non-hydrogen) atoms. The molecule has 2 heterocycles. The highest BCUT2D eigenvalue weighted by Gasteiger charge is 2.47. The van der Waals surface area contributed by atoms with E-state index < -0.39 is 5.54 Å². The van der Waals surface area contributed by atoms with E-state index in [1.807, 2.05) is 82.6 Å². The Morgan fingerprint density at radius 2 is 1.57 bits per heavy atom. The summed E-state index contributed by atoms with van der Waals surface area (Å²) in [6.45, 7) is 4.22. The maximum atomic E-state index is 14.4. The van der Waals surface area contributed by atoms with E-state index in [2.05, 4.69) is 27.7 Å². The fraction of sp³-hybridized carbons (Fsp3) is 0.400. The zero-order valence-electron chi connectivity index (χ0n) is 25.1. The summed E-state index contributed by atoms with van der Waals surface area (Å²) in [6, 6.07) is 28.2. The van der Waals surface area contributed by atoms with Gasteiger partial charge in [-0.05, 0) is 60.5 Å². The first-order valence-electron chi connectivity index (χ1n) is 15.7. The molecule has 0 spiro atoms. The number of anilines is 2. The normalized spacial score (nSPS) is 19.7. The van der Waals surface area contributed by atoms with E-state index in [1.54, 1.807) is 0 Å². The summed E-state index contributed by atoms with van der Waals surface area (Å²) in [5.41, 5.74) is 3.02. The quantitative estimate of drug-likeness (QED) is 0.325. The summed E-state index contributed by atoms with van der Waals surface area (Å²) < 4.78 is 5.49. The molecule has 3 aromatic rings. The number of carbonyl (C=O) groups excluding carboxylic acids is 2. The van der Waals surface area contributed by atoms with Crippen molar-refractivity contribution in [3.05, 3.63) is 96.1 Å². The zero-order valence-corrected chi connectivity index (χ0v) is 25.9. The Hall–Kier alpha value is -3.95. The molecule has 6 rings (SSSR count). The molecule has 1 aliphatic carbocycles. The largest absolute Gasteiger partial charge is 0.378 e. The van der Waals surface area contributed by atoms with Crippen LogP contribution in [0.15, 0.2) is 84.9 Å². The Balaban J connectivity index is 1.24. The van der Waals surface area contributed by atoms with E-state index in [-0.39, 0.29) is 24.4 Å². The smallest absolute Gasteiger partial charge is 0.250 e. The predicted octanol–water partition coefficient (Wildman–Crippen LogP) is 5.12. The van der Waals surface area contributed by atoms with Crippen molar-refractivity contribution in [2.24, 2.45) is 0 Å². The van der Waals surface area contributed by atoms with Crippen LogP contribution in [0, 0.1) is 0 Å². The van der Waals surface area contributed by atoms with Crippen LogP contribution in [0.1, 0.15) is 49.3 Å². The number of benzene rings is 3. The third-order valence-corrected chi connectivity index (χ3v) is 9.50. The molecular formula is C35H41N5O3S. The van der Waals surface area contributed by atoms with Gasteiger partial charge < -0.3 is 30.1 Å². The third kappa shape index (κ3) is 6.74. The number of ether oxygens (including phenoxy) is 1. The molecule has 0 bridgehead atoms. The predicted molar refractivity (Wildman–Crippen MR) is 177 cm³/mol. The molecule has 2 N–H and O–H groups in total. The molecule has 1 atom stereocenters. The standard InChI is InChI=1S/C35H41N5O3S/c41-32(26-39-25-31(37-34(39)44)28-12-6-2-7-13-28)40(24-27-10-4-1-5-11-27)35(18-8-3-9-19-35)33(42)36-29-14-16-30(17-15-29)38-20-22-43-23-21-38/h1-2,4-7,10-17,31H,3,8-9,18-26H2,(H,36,42)(H,37,44)/t31-/m0/s1. The molecule has 230 valence electrons. The summed E-state index contributed by atoms with van der Waals surface area (Å²) in [4.78, 5) is 34.8. The van der Waals surface area contributed by atoms with Gasteiger partial charge >= 0.3 is 0 Å². The first-order chi connectivity index (χ1) is 21.5. The van der Waals surface area contributed by atoms with Gasteiger partial charge in [0, 0.05) is 37.6 Å². The van der Waals surface area contributed by atoms with Crippen LogP contribution < -0.4 is 15.5 Å². The van der Waals surface area contributed by atoms with Crippen molar-refractivity contribution in [1.82, 2.24) is 15.1 Å². The van der Waals surface area contributed by atoms with Crippen LogP contribution >= 0.6 is 12.2 Å². The molecule has 3 aromatic carbocycles. The molecule has 3 fully saturated rings. The number of thiocarbonyl (C=S) groups is 1. The maximum Gasteiger partial charge on any atom is 0.250 e. The lowest BCUT2D eigenvalue weighted by Gasteiger charge is -2.45. The topological polar surface area (TPSA) is 77.2 Å². The zero-order chi connectivity index (χ0) is 30.4. The van der Waals surface area contributed by atoms with E-state index in [1.165, 1.54) is 0 Å². The van der Waals surface area contributed by atoms with Crippen LogP contribution in [0.3, 0.4) is 0 Å². The van der Waals surface area contributed by atoms with Crippen LogP contribution in [0.2, 0.25) is 0 Å². The lowest BCUT2D eigenvalue weighted by Crippen LogP contribution is -2.61. The second kappa shape index (κ2) is 13.8. The van der Waals surface area contributed by atoms with Crippen LogP contribution in [-0.4, -0.2) is 71.7 Å². The van der Waals surface area contributed by atoms with Gasteiger partial charge in [0.05, 0.1) is 25.8 Å². The Kier molecular flexibility index (Phi) is 9.43. The number of morpholine rings is 1. The van der Waals surface area contributed by atoms with Gasteiger partial charge in [-0.25, -0.2) is 0 Å². The Bertz CT molecular complexity index is 1420. The Labute approximate surface area is 265 Å². The molecule has 9 heteroatoms. The Morgan fingerprint density at radius 1 is 0.909 bits per heavy atom. The van der Waals surface area contributed by atoms with Gasteiger partial charge in [0.25, 0.3) is 0 Å². The van der Waals surface area contributed by atoms with E-state index in [0.29, 0.717) is 31.0 Å². The van der Waals surface area contributed by atoms with Crippen molar-refractivity contribution in [2.45, 2.75) is 50.2 Å². The average Bonchev–Trinajstić information content (AvgIpc) is 3.45. The molecular weight excluding hydrogens is 570 g/mol. The molecule has 3 aliphatic rings. The molecule has 2 saturated heterocycles. The lowest BCUT2D eigenvalue weighted by molar-refractivity contribution is -0.149. The van der Waals surface area contributed by atoms with Crippen LogP contribution in [0.4, 0.5) is 11.4 Å². The number of hydrogen-bond donors (Lipinski definition) is 2. The highest BCUT2D eigenvalue weighted by atomic mass is 32.1. The van der Waals surface area contributed by atoms with Crippen molar-refractivity contribution < 1.29 is 14.3 Å². The highest BCUT2D eigenvalue weighted by Crippen LogP contribution is 2.37. The van der Waals surface area contributed by atoms with Gasteiger partial charge in [-0.3, -0.25) is 9.59 Å². The fourth-order valence-corrected chi connectivity index (χ4v) is 6.95. The van der Waals surface area contributed by atoms with Crippen molar-refractivity contribution >= 4 is 40.5 Å². The van der Waals surface area contributed by atoms with Crippen molar-refractivity contribution in [3.8, 4) is 0 Å². The van der Waals surface area contributed by atoms with E-state index in [4.69, 9.17) is 17.0 Å². The molecule has 0 unspecified atom stereocenters. The second-order valence-corrected chi connectivity index (χ2v) is 12.3. The van der Waals surface area contributed by atoms with Crippen molar-refractivity contribution in [1.29, 1.82) is 0 Å². The minimum Gasteiger partial charge on any atom is -0.378 e. The SMILES string of the molecule is O=C(CN1C[C@@H](c2ccccc2)NC1=S)N(Cc1ccccc1)C1(C(=O)Nc2ccc(N3CCOCC3)cc2)CCCCC1. The van der Waals surface area contributed by atoms with Crippen LogP contribution in [-0.2, 0) is 20.9 Å². The van der Waals surface area contributed by atoms with E-state index in [0.717, 1.165) is 68.1 Å². The molecule has 8 nitrogen and oxygen atoms in total. The van der Waals surface area contributed by atoms with Crippen LogP contribution in [0.25, 0.3) is 0 Å². The second-order valence-electron chi connectivity index (χ2n) is 12.0. The van der Waals surface area contributed by atoms with Gasteiger partial charge in [-0.2, -0.15) is 0 Å². The molecule has 1 saturated carbocycles. The highest BCUT2D eigenvalue weighted by molar-refractivity contribution is 7.80. The van der Waals surface area contributed by atoms with Crippen molar-refractivity contribution in [2.75, 3.05) is 49.6 Å². The fourth-order valence-electron chi connectivity index (χ4n) is 6.67. The molecule has 0 radical (unpaired) electrons.